The number of nitrogens with one attached hydrogen (secondary N) is 1. The van der Waals surface area contributed by atoms with E-state index < -0.39 is 0 Å². The summed E-state index contributed by atoms with van der Waals surface area (Å²) >= 11 is 0. The monoisotopic (exact) mass is 314 g/mol. The van der Waals surface area contributed by atoms with Gasteiger partial charge in [-0.2, -0.15) is 0 Å². The van der Waals surface area contributed by atoms with E-state index >= 15 is 0 Å². The van der Waals surface area contributed by atoms with E-state index in [0.717, 1.165) is 38.9 Å². The summed E-state index contributed by atoms with van der Waals surface area (Å²) in [5.41, 5.74) is 1.34. The summed E-state index contributed by atoms with van der Waals surface area (Å²) in [7, 11) is 0. The van der Waals surface area contributed by atoms with E-state index in [9.17, 15) is 9.18 Å². The van der Waals surface area contributed by atoms with Crippen molar-refractivity contribution >= 4 is 18.3 Å². The maximum atomic E-state index is 13.2. The number of hydrogen-bond donors (Lipinski definition) is 1. The maximum absolute atomic E-state index is 13.2. The highest BCUT2D eigenvalue weighted by molar-refractivity contribution is 5.95. The molecule has 0 saturated carbocycles. The number of hydrogen-bond acceptors (Lipinski definition) is 2. The molecule has 1 heterocycles. The Balaban J connectivity index is 0.00000220. The summed E-state index contributed by atoms with van der Waals surface area (Å²) < 4.78 is 13.2. The zero-order valence-corrected chi connectivity index (χ0v) is 13.5. The maximum Gasteiger partial charge on any atom is 0.254 e. The fraction of sp³-hybridized carbons (Fsp3) is 0.562. The van der Waals surface area contributed by atoms with Crippen LogP contribution >= 0.6 is 12.4 Å². The molecule has 0 atom stereocenters. The van der Waals surface area contributed by atoms with E-state index in [4.69, 9.17) is 0 Å². The van der Waals surface area contributed by atoms with Gasteiger partial charge in [-0.15, -0.1) is 12.4 Å². The third kappa shape index (κ3) is 4.42. The highest BCUT2D eigenvalue weighted by Gasteiger charge is 2.26. The summed E-state index contributed by atoms with van der Waals surface area (Å²) in [6.45, 7) is 6.56. The minimum Gasteiger partial charge on any atom is -0.336 e. The van der Waals surface area contributed by atoms with Crippen LogP contribution in [0.5, 0.6) is 0 Å². The largest absolute Gasteiger partial charge is 0.336 e. The van der Waals surface area contributed by atoms with Crippen LogP contribution in [0, 0.1) is 12.7 Å². The molecule has 21 heavy (non-hydrogen) atoms. The van der Waals surface area contributed by atoms with Crippen molar-refractivity contribution in [2.75, 3.05) is 19.6 Å². The molecule has 1 aliphatic rings. The van der Waals surface area contributed by atoms with Crippen LogP contribution < -0.4 is 5.32 Å². The van der Waals surface area contributed by atoms with Gasteiger partial charge in [-0.3, -0.25) is 4.79 Å². The topological polar surface area (TPSA) is 32.3 Å². The first kappa shape index (κ1) is 17.9. The van der Waals surface area contributed by atoms with Gasteiger partial charge in [0.15, 0.2) is 0 Å². The second kappa shape index (κ2) is 8.35. The Morgan fingerprint density at radius 1 is 1.38 bits per heavy atom. The van der Waals surface area contributed by atoms with Crippen molar-refractivity contribution in [3.05, 3.63) is 35.1 Å². The molecule has 0 radical (unpaired) electrons. The lowest BCUT2D eigenvalue weighted by Crippen LogP contribution is -2.46. The third-order valence-electron chi connectivity index (χ3n) is 3.89. The molecular weight excluding hydrogens is 291 g/mol. The van der Waals surface area contributed by atoms with Gasteiger partial charge >= 0.3 is 0 Å². The highest BCUT2D eigenvalue weighted by atomic mass is 35.5. The lowest BCUT2D eigenvalue weighted by molar-refractivity contribution is 0.0642. The SMILES string of the molecule is CCCN(C(=O)c1ccc(F)cc1C)C1CCNCC1.Cl. The first-order valence-electron chi connectivity index (χ1n) is 7.41. The van der Waals surface area contributed by atoms with Crippen LogP contribution in [-0.4, -0.2) is 36.5 Å². The third-order valence-corrected chi connectivity index (χ3v) is 3.89. The molecule has 1 N–H and O–H groups in total. The van der Waals surface area contributed by atoms with Crippen molar-refractivity contribution in [2.45, 2.75) is 39.2 Å². The number of piperidine rings is 1. The minimum atomic E-state index is -0.289. The number of carbonyl (C=O) groups excluding carboxylic acids is 1. The Labute approximate surface area is 132 Å². The van der Waals surface area contributed by atoms with Gasteiger partial charge < -0.3 is 10.2 Å². The predicted octanol–water partition coefficient (Wildman–Crippen LogP) is 3.16. The number of nitrogens with zero attached hydrogens (tertiary/aromatic N) is 1. The van der Waals surface area contributed by atoms with Crippen LogP contribution in [0.4, 0.5) is 4.39 Å². The summed E-state index contributed by atoms with van der Waals surface area (Å²) in [6.07, 6.45) is 2.92. The number of carbonyl (C=O) groups is 1. The van der Waals surface area contributed by atoms with E-state index in [1.54, 1.807) is 13.0 Å². The van der Waals surface area contributed by atoms with E-state index in [1.165, 1.54) is 12.1 Å². The second-order valence-electron chi connectivity index (χ2n) is 5.44. The molecule has 1 fully saturated rings. The van der Waals surface area contributed by atoms with Gasteiger partial charge in [-0.05, 0) is 63.0 Å². The Bertz CT molecular complexity index is 475. The van der Waals surface area contributed by atoms with Gasteiger partial charge in [-0.25, -0.2) is 4.39 Å². The summed E-state index contributed by atoms with van der Waals surface area (Å²) in [5, 5.41) is 3.32. The normalized spacial score (nSPS) is 15.4. The smallest absolute Gasteiger partial charge is 0.254 e. The number of amides is 1. The number of benzene rings is 1. The molecule has 1 amide bonds. The average molecular weight is 315 g/mol. The van der Waals surface area contributed by atoms with Crippen LogP contribution in [0.3, 0.4) is 0 Å². The zero-order chi connectivity index (χ0) is 14.5. The average Bonchev–Trinajstić information content (AvgIpc) is 2.45. The van der Waals surface area contributed by atoms with Crippen molar-refractivity contribution in [1.82, 2.24) is 10.2 Å². The van der Waals surface area contributed by atoms with E-state index in [-0.39, 0.29) is 24.1 Å². The summed E-state index contributed by atoms with van der Waals surface area (Å²) in [4.78, 5) is 14.7. The molecule has 0 bridgehead atoms. The minimum absolute atomic E-state index is 0. The molecule has 1 aliphatic heterocycles. The van der Waals surface area contributed by atoms with Crippen molar-refractivity contribution in [1.29, 1.82) is 0 Å². The first-order chi connectivity index (χ1) is 9.63. The van der Waals surface area contributed by atoms with E-state index in [1.807, 2.05) is 4.90 Å². The molecular formula is C16H24ClFN2O. The molecule has 0 aromatic heterocycles. The van der Waals surface area contributed by atoms with Gasteiger partial charge in [0.2, 0.25) is 0 Å². The fourth-order valence-electron chi connectivity index (χ4n) is 2.83. The van der Waals surface area contributed by atoms with Gasteiger partial charge in [0.1, 0.15) is 5.82 Å². The van der Waals surface area contributed by atoms with Crippen LogP contribution in [-0.2, 0) is 0 Å². The number of halogens is 2. The molecule has 0 spiro atoms. The van der Waals surface area contributed by atoms with Crippen LogP contribution in [0.1, 0.15) is 42.1 Å². The number of aryl methyl sites for hydroxylation is 1. The molecule has 1 saturated heterocycles. The second-order valence-corrected chi connectivity index (χ2v) is 5.44. The predicted molar refractivity (Wildman–Crippen MR) is 85.6 cm³/mol. The molecule has 5 heteroatoms. The van der Waals surface area contributed by atoms with Crippen LogP contribution in [0.15, 0.2) is 18.2 Å². The molecule has 3 nitrogen and oxygen atoms in total. The fourth-order valence-corrected chi connectivity index (χ4v) is 2.83. The van der Waals surface area contributed by atoms with Crippen LogP contribution in [0.2, 0.25) is 0 Å². The van der Waals surface area contributed by atoms with E-state index in [0.29, 0.717) is 17.2 Å². The summed E-state index contributed by atoms with van der Waals surface area (Å²) in [5.74, 6) is -0.251. The van der Waals surface area contributed by atoms with Gasteiger partial charge in [-0.1, -0.05) is 6.92 Å². The Kier molecular flexibility index (Phi) is 7.12. The van der Waals surface area contributed by atoms with Crippen LogP contribution in [0.25, 0.3) is 0 Å². The quantitative estimate of drug-likeness (QED) is 0.926. The Morgan fingerprint density at radius 3 is 2.62 bits per heavy atom. The van der Waals surface area contributed by atoms with Crippen molar-refractivity contribution in [2.24, 2.45) is 0 Å². The zero-order valence-electron chi connectivity index (χ0n) is 12.7. The van der Waals surface area contributed by atoms with Gasteiger partial charge in [0.05, 0.1) is 0 Å². The molecule has 0 aliphatic carbocycles. The molecule has 0 unspecified atom stereocenters. The van der Waals surface area contributed by atoms with E-state index in [2.05, 4.69) is 12.2 Å². The summed E-state index contributed by atoms with van der Waals surface area (Å²) in [6, 6.07) is 4.71. The van der Waals surface area contributed by atoms with Crippen molar-refractivity contribution in [3.63, 3.8) is 0 Å². The van der Waals surface area contributed by atoms with Crippen molar-refractivity contribution < 1.29 is 9.18 Å². The lowest BCUT2D eigenvalue weighted by Gasteiger charge is -2.35. The van der Waals surface area contributed by atoms with Gasteiger partial charge in [0.25, 0.3) is 5.91 Å². The van der Waals surface area contributed by atoms with Crippen molar-refractivity contribution in [3.8, 4) is 0 Å². The van der Waals surface area contributed by atoms with Gasteiger partial charge in [0, 0.05) is 18.2 Å². The number of rotatable bonds is 4. The lowest BCUT2D eigenvalue weighted by atomic mass is 10.0. The molecule has 1 aromatic rings. The Hall–Kier alpha value is -1.13. The molecule has 1 aromatic carbocycles. The molecule has 2 rings (SSSR count). The standard InChI is InChI=1S/C16H23FN2O.ClH/c1-3-10-19(14-6-8-18-9-7-14)16(20)15-5-4-13(17)11-12(15)2;/h4-5,11,14,18H,3,6-10H2,1-2H3;1H. The highest BCUT2D eigenvalue weighted by Crippen LogP contribution is 2.19. The Morgan fingerprint density at radius 2 is 2.05 bits per heavy atom. The first-order valence-corrected chi connectivity index (χ1v) is 7.41. The molecule has 118 valence electrons.